The van der Waals surface area contributed by atoms with Gasteiger partial charge in [-0.15, -0.1) is 17.0 Å². The molecule has 2 aromatic carbocycles. The Hall–Kier alpha value is -2.14. The first kappa shape index (κ1) is 14.3. The number of hydrogen-bond acceptors (Lipinski definition) is 3. The Balaban J connectivity index is 0.00000147. The molecule has 5 heteroatoms. The molecule has 0 bridgehead atoms. The topological polar surface area (TPSA) is 60.9 Å². The van der Waals surface area contributed by atoms with Gasteiger partial charge < -0.3 is 10.3 Å². The zero-order chi connectivity index (χ0) is 13.2. The van der Waals surface area contributed by atoms with Crippen LogP contribution in [0.4, 0.5) is 5.95 Å². The fraction of sp³-hybridized carbons (Fsp3) is 0.0667. The van der Waals surface area contributed by atoms with Gasteiger partial charge in [-0.3, -0.25) is 4.79 Å². The molecule has 0 saturated carbocycles. The number of hydrogen-bond donors (Lipinski definition) is 1. The number of carbonyl (C=O) groups excluding carboxylic acids is 1. The van der Waals surface area contributed by atoms with Crippen molar-refractivity contribution in [2.75, 3.05) is 5.73 Å². The van der Waals surface area contributed by atoms with Crippen LogP contribution in [0.25, 0.3) is 11.0 Å². The van der Waals surface area contributed by atoms with Gasteiger partial charge in [0.2, 0.25) is 5.95 Å². The molecule has 1 heterocycles. The van der Waals surface area contributed by atoms with Crippen molar-refractivity contribution in [3.63, 3.8) is 0 Å². The maximum atomic E-state index is 12.2. The Kier molecular flexibility index (Phi) is 4.20. The first-order valence-electron chi connectivity index (χ1n) is 6.05. The number of fused-ring (bicyclic) bond motifs is 1. The number of para-hydroxylation sites is 2. The number of halogens is 1. The molecule has 0 spiro atoms. The van der Waals surface area contributed by atoms with Crippen LogP contribution in [0.1, 0.15) is 10.4 Å². The van der Waals surface area contributed by atoms with Gasteiger partial charge in [0.25, 0.3) is 0 Å². The lowest BCUT2D eigenvalue weighted by Gasteiger charge is -2.05. The number of benzene rings is 2. The Morgan fingerprint density at radius 2 is 1.70 bits per heavy atom. The van der Waals surface area contributed by atoms with Crippen LogP contribution in [-0.2, 0) is 6.54 Å². The van der Waals surface area contributed by atoms with Crippen LogP contribution in [0.2, 0.25) is 0 Å². The minimum Gasteiger partial charge on any atom is -0.369 e. The quantitative estimate of drug-likeness (QED) is 0.750. The van der Waals surface area contributed by atoms with Crippen molar-refractivity contribution in [3.05, 3.63) is 60.2 Å². The molecule has 2 N–H and O–H groups in total. The Morgan fingerprint density at radius 3 is 2.45 bits per heavy atom. The number of imidazole rings is 1. The number of anilines is 1. The molecule has 0 aliphatic carbocycles. The molecule has 0 fully saturated rings. The van der Waals surface area contributed by atoms with E-state index in [1.165, 1.54) is 0 Å². The van der Waals surface area contributed by atoms with Crippen LogP contribution in [0.5, 0.6) is 0 Å². The van der Waals surface area contributed by atoms with Crippen molar-refractivity contribution >= 4 is 39.7 Å². The van der Waals surface area contributed by atoms with Gasteiger partial charge in [-0.1, -0.05) is 42.5 Å². The zero-order valence-corrected chi connectivity index (χ0v) is 12.4. The minimum atomic E-state index is 0. The van der Waals surface area contributed by atoms with Gasteiger partial charge in [0.15, 0.2) is 5.78 Å². The van der Waals surface area contributed by atoms with Gasteiger partial charge in [-0.25, -0.2) is 4.98 Å². The molecule has 0 unspecified atom stereocenters. The molecule has 4 nitrogen and oxygen atoms in total. The van der Waals surface area contributed by atoms with Gasteiger partial charge in [0, 0.05) is 5.56 Å². The highest BCUT2D eigenvalue weighted by Gasteiger charge is 2.12. The monoisotopic (exact) mass is 331 g/mol. The summed E-state index contributed by atoms with van der Waals surface area (Å²) < 4.78 is 1.74. The average molecular weight is 332 g/mol. The van der Waals surface area contributed by atoms with Gasteiger partial charge in [0.1, 0.15) is 0 Å². The van der Waals surface area contributed by atoms with Gasteiger partial charge in [-0.2, -0.15) is 0 Å². The second-order valence-corrected chi connectivity index (χ2v) is 4.33. The van der Waals surface area contributed by atoms with Crippen LogP contribution in [-0.4, -0.2) is 15.3 Å². The normalized spacial score (nSPS) is 10.2. The summed E-state index contributed by atoms with van der Waals surface area (Å²) >= 11 is 0. The molecule has 3 aromatic rings. The largest absolute Gasteiger partial charge is 0.369 e. The lowest BCUT2D eigenvalue weighted by Crippen LogP contribution is -2.12. The van der Waals surface area contributed by atoms with E-state index in [-0.39, 0.29) is 29.3 Å². The van der Waals surface area contributed by atoms with E-state index in [1.54, 1.807) is 16.7 Å². The Morgan fingerprint density at radius 1 is 1.05 bits per heavy atom. The van der Waals surface area contributed by atoms with Gasteiger partial charge in [-0.05, 0) is 12.1 Å². The lowest BCUT2D eigenvalue weighted by molar-refractivity contribution is 0.0974. The summed E-state index contributed by atoms with van der Waals surface area (Å²) in [6.45, 7) is 0.205. The molecular weight excluding hydrogens is 318 g/mol. The Labute approximate surface area is 127 Å². The molecule has 102 valence electrons. The van der Waals surface area contributed by atoms with Crippen molar-refractivity contribution in [1.29, 1.82) is 0 Å². The van der Waals surface area contributed by atoms with E-state index in [0.29, 0.717) is 11.5 Å². The maximum absolute atomic E-state index is 12.2. The van der Waals surface area contributed by atoms with Crippen LogP contribution in [0.15, 0.2) is 54.6 Å². The molecule has 0 aliphatic heterocycles. The zero-order valence-electron chi connectivity index (χ0n) is 10.7. The summed E-state index contributed by atoms with van der Waals surface area (Å²) in [4.78, 5) is 16.5. The number of ketones is 1. The third-order valence-corrected chi connectivity index (χ3v) is 3.08. The molecule has 0 saturated heterocycles. The fourth-order valence-electron chi connectivity index (χ4n) is 2.12. The highest BCUT2D eigenvalue weighted by Crippen LogP contribution is 2.18. The van der Waals surface area contributed by atoms with Crippen molar-refractivity contribution in [2.24, 2.45) is 0 Å². The summed E-state index contributed by atoms with van der Waals surface area (Å²) in [5.74, 6) is 0.390. The van der Waals surface area contributed by atoms with Gasteiger partial charge in [0.05, 0.1) is 17.6 Å². The highest BCUT2D eigenvalue weighted by atomic mass is 79.9. The average Bonchev–Trinajstić information content (AvgIpc) is 2.76. The summed E-state index contributed by atoms with van der Waals surface area (Å²) in [7, 11) is 0. The highest BCUT2D eigenvalue weighted by molar-refractivity contribution is 8.93. The summed E-state index contributed by atoms with van der Waals surface area (Å²) in [5.41, 5.74) is 8.24. The maximum Gasteiger partial charge on any atom is 0.201 e. The molecule has 0 amide bonds. The summed E-state index contributed by atoms with van der Waals surface area (Å²) in [5, 5.41) is 0. The summed E-state index contributed by atoms with van der Waals surface area (Å²) in [6.07, 6.45) is 0. The SMILES string of the molecule is Br.Nc1nc2ccccc2n1CC(=O)c1ccccc1. The van der Waals surface area contributed by atoms with E-state index >= 15 is 0 Å². The fourth-order valence-corrected chi connectivity index (χ4v) is 2.12. The van der Waals surface area contributed by atoms with Crippen molar-refractivity contribution in [1.82, 2.24) is 9.55 Å². The number of carbonyl (C=O) groups is 1. The van der Waals surface area contributed by atoms with Gasteiger partial charge >= 0.3 is 0 Å². The summed E-state index contributed by atoms with van der Waals surface area (Å²) in [6, 6.07) is 16.8. The van der Waals surface area contributed by atoms with E-state index in [4.69, 9.17) is 5.73 Å². The number of nitrogens with two attached hydrogens (primary N) is 1. The molecule has 0 atom stereocenters. The van der Waals surface area contributed by atoms with E-state index in [0.717, 1.165) is 11.0 Å². The van der Waals surface area contributed by atoms with Crippen LogP contribution in [0.3, 0.4) is 0 Å². The first-order chi connectivity index (χ1) is 9.25. The van der Waals surface area contributed by atoms with Crippen molar-refractivity contribution in [2.45, 2.75) is 6.54 Å². The van der Waals surface area contributed by atoms with Crippen LogP contribution >= 0.6 is 17.0 Å². The van der Waals surface area contributed by atoms with Crippen LogP contribution < -0.4 is 5.73 Å². The number of Topliss-reactive ketones (excluding diaryl/α,β-unsaturated/α-hetero) is 1. The Bertz CT molecular complexity index is 737. The molecule has 1 aromatic heterocycles. The number of rotatable bonds is 3. The van der Waals surface area contributed by atoms with E-state index in [9.17, 15) is 4.79 Å². The third kappa shape index (κ3) is 2.58. The first-order valence-corrected chi connectivity index (χ1v) is 6.05. The molecule has 0 aliphatic rings. The molecule has 0 radical (unpaired) electrons. The van der Waals surface area contributed by atoms with E-state index in [1.807, 2.05) is 42.5 Å². The number of nitrogens with zero attached hydrogens (tertiary/aromatic N) is 2. The van der Waals surface area contributed by atoms with E-state index in [2.05, 4.69) is 4.98 Å². The molecule has 20 heavy (non-hydrogen) atoms. The minimum absolute atomic E-state index is 0. The smallest absolute Gasteiger partial charge is 0.201 e. The predicted octanol–water partition coefficient (Wildman–Crippen LogP) is 3.08. The molecule has 3 rings (SSSR count). The van der Waals surface area contributed by atoms with Crippen LogP contribution in [0, 0.1) is 0 Å². The second kappa shape index (κ2) is 5.88. The lowest BCUT2D eigenvalue weighted by atomic mass is 10.1. The third-order valence-electron chi connectivity index (χ3n) is 3.08. The van der Waals surface area contributed by atoms with Crippen molar-refractivity contribution in [3.8, 4) is 0 Å². The second-order valence-electron chi connectivity index (χ2n) is 4.33. The van der Waals surface area contributed by atoms with Crippen molar-refractivity contribution < 1.29 is 4.79 Å². The molecular formula is C15H14BrN3O. The predicted molar refractivity (Wildman–Crippen MR) is 85.2 cm³/mol. The standard InChI is InChI=1S/C15H13N3O.BrH/c16-15-17-12-8-4-5-9-13(12)18(15)10-14(19)11-6-2-1-3-7-11;/h1-9H,10H2,(H2,16,17);1H. The number of aromatic nitrogens is 2. The number of nitrogen functional groups attached to an aromatic ring is 1. The van der Waals surface area contributed by atoms with E-state index < -0.39 is 0 Å².